The second kappa shape index (κ2) is 6.69. The standard InChI is InChI=1S/C18H22N3O4S/c1-11-9-19-15(12(2)17(11)25-4)10-26(5,23)18-20-14-8-13(24-3)6-7-16(14)21(18)22/h6-9,23H,10H2,1-5H3/q-1. The first-order valence-corrected chi connectivity index (χ1v) is 10.2. The van der Waals surface area contributed by atoms with Crippen LogP contribution in [-0.2, 0) is 5.75 Å². The summed E-state index contributed by atoms with van der Waals surface area (Å²) in [5.74, 6) is 1.57. The van der Waals surface area contributed by atoms with E-state index in [1.54, 1.807) is 44.9 Å². The lowest BCUT2D eigenvalue weighted by molar-refractivity contribution is 0.407. The van der Waals surface area contributed by atoms with E-state index in [1.165, 1.54) is 0 Å². The average Bonchev–Trinajstić information content (AvgIpc) is 2.95. The van der Waals surface area contributed by atoms with Crippen molar-refractivity contribution >= 4 is 21.3 Å². The Kier molecular flexibility index (Phi) is 4.72. The van der Waals surface area contributed by atoms with Crippen LogP contribution in [0.25, 0.3) is 11.0 Å². The second-order valence-electron chi connectivity index (χ2n) is 6.27. The maximum atomic E-state index is 12.7. The third-order valence-corrected chi connectivity index (χ3v) is 6.23. The van der Waals surface area contributed by atoms with Crippen LogP contribution in [0.5, 0.6) is 11.5 Å². The molecule has 1 atom stereocenters. The number of hydrogen-bond donors (Lipinski definition) is 1. The molecule has 1 N–H and O–H groups in total. The molecule has 0 radical (unpaired) electrons. The zero-order valence-corrected chi connectivity index (χ0v) is 16.3. The largest absolute Gasteiger partial charge is 0.804 e. The molecule has 8 heteroatoms. The van der Waals surface area contributed by atoms with Crippen molar-refractivity contribution in [2.75, 3.05) is 20.5 Å². The number of hydrogen-bond acceptors (Lipinski definition) is 6. The van der Waals surface area contributed by atoms with Gasteiger partial charge in [-0.15, -0.1) is 0 Å². The number of aromatic nitrogens is 3. The van der Waals surface area contributed by atoms with E-state index >= 15 is 0 Å². The van der Waals surface area contributed by atoms with Crippen molar-refractivity contribution in [1.82, 2.24) is 14.7 Å². The fourth-order valence-electron chi connectivity index (χ4n) is 2.97. The summed E-state index contributed by atoms with van der Waals surface area (Å²) in [6.45, 7) is 3.81. The zero-order valence-electron chi connectivity index (χ0n) is 15.4. The molecule has 0 aliphatic rings. The Labute approximate surface area is 153 Å². The summed E-state index contributed by atoms with van der Waals surface area (Å²) in [6, 6.07) is 5.02. The van der Waals surface area contributed by atoms with E-state index in [0.29, 0.717) is 27.2 Å². The summed E-state index contributed by atoms with van der Waals surface area (Å²) in [5.41, 5.74) is 3.37. The molecule has 0 spiro atoms. The van der Waals surface area contributed by atoms with Crippen LogP contribution in [0.4, 0.5) is 0 Å². The van der Waals surface area contributed by atoms with Crippen LogP contribution >= 0.6 is 10.3 Å². The lowest BCUT2D eigenvalue weighted by atomic mass is 10.1. The van der Waals surface area contributed by atoms with E-state index in [4.69, 9.17) is 9.47 Å². The molecule has 140 valence electrons. The van der Waals surface area contributed by atoms with Gasteiger partial charge in [-0.2, -0.15) is 0 Å². The lowest BCUT2D eigenvalue weighted by Gasteiger charge is -2.31. The first-order chi connectivity index (χ1) is 12.3. The summed E-state index contributed by atoms with van der Waals surface area (Å²) in [7, 11) is 0.653. The van der Waals surface area contributed by atoms with Gasteiger partial charge in [-0.3, -0.25) is 4.98 Å². The smallest absolute Gasteiger partial charge is 0.169 e. The molecule has 1 unspecified atom stereocenters. The molecule has 7 nitrogen and oxygen atoms in total. The first-order valence-electron chi connectivity index (χ1n) is 8.00. The summed E-state index contributed by atoms with van der Waals surface area (Å²) in [5, 5.41) is 12.8. The number of rotatable bonds is 5. The number of benzene rings is 1. The molecule has 3 aromatic rings. The molecule has 0 amide bonds. The van der Waals surface area contributed by atoms with Gasteiger partial charge in [0.15, 0.2) is 5.16 Å². The van der Waals surface area contributed by atoms with Gasteiger partial charge in [-0.1, -0.05) is 10.3 Å². The van der Waals surface area contributed by atoms with Crippen LogP contribution in [0.2, 0.25) is 0 Å². The van der Waals surface area contributed by atoms with Crippen LogP contribution in [0, 0.1) is 19.1 Å². The van der Waals surface area contributed by atoms with Crippen molar-refractivity contribution < 1.29 is 14.0 Å². The van der Waals surface area contributed by atoms with Crippen LogP contribution < -0.4 is 9.47 Å². The summed E-state index contributed by atoms with van der Waals surface area (Å²) in [4.78, 5) is 8.81. The molecule has 3 rings (SSSR count). The van der Waals surface area contributed by atoms with Crippen LogP contribution in [-0.4, -0.2) is 39.7 Å². The highest BCUT2D eigenvalue weighted by atomic mass is 32.3. The van der Waals surface area contributed by atoms with Gasteiger partial charge in [0.25, 0.3) is 0 Å². The number of ether oxygens (including phenoxy) is 2. The number of methoxy groups -OCH3 is 2. The Balaban J connectivity index is 2.03. The quantitative estimate of drug-likeness (QED) is 0.726. The van der Waals surface area contributed by atoms with E-state index in [-0.39, 0.29) is 10.9 Å². The summed E-state index contributed by atoms with van der Waals surface area (Å²) >= 11 is 0. The van der Waals surface area contributed by atoms with Gasteiger partial charge >= 0.3 is 0 Å². The third-order valence-electron chi connectivity index (χ3n) is 4.35. The third kappa shape index (κ3) is 3.06. The van der Waals surface area contributed by atoms with E-state index < -0.39 is 10.3 Å². The van der Waals surface area contributed by atoms with Gasteiger partial charge in [0, 0.05) is 29.1 Å². The second-order valence-corrected chi connectivity index (χ2v) is 9.01. The maximum absolute atomic E-state index is 12.7. The van der Waals surface area contributed by atoms with Gasteiger partial charge < -0.3 is 24.0 Å². The van der Waals surface area contributed by atoms with Crippen LogP contribution in [0.3, 0.4) is 0 Å². The predicted octanol–water partition coefficient (Wildman–Crippen LogP) is 3.88. The van der Waals surface area contributed by atoms with Crippen LogP contribution in [0.1, 0.15) is 16.8 Å². The monoisotopic (exact) mass is 376 g/mol. The van der Waals surface area contributed by atoms with Gasteiger partial charge in [0.05, 0.1) is 30.9 Å². The number of imidazole rings is 1. The highest BCUT2D eigenvalue weighted by Crippen LogP contribution is 2.52. The van der Waals surface area contributed by atoms with Gasteiger partial charge in [0.1, 0.15) is 11.5 Å². The fourth-order valence-corrected chi connectivity index (χ4v) is 4.67. The molecular formula is C18H22N3O4S-. The highest BCUT2D eigenvalue weighted by molar-refractivity contribution is 8.27. The van der Waals surface area contributed by atoms with Crippen LogP contribution in [0.15, 0.2) is 29.6 Å². The Morgan fingerprint density at radius 3 is 2.62 bits per heavy atom. The molecule has 2 heterocycles. The zero-order chi connectivity index (χ0) is 19.1. The number of aryl methyl sites for hydroxylation is 1. The minimum atomic E-state index is -2.51. The van der Waals surface area contributed by atoms with Crippen molar-refractivity contribution in [3.63, 3.8) is 0 Å². The maximum Gasteiger partial charge on any atom is 0.169 e. The summed E-state index contributed by atoms with van der Waals surface area (Å²) in [6.07, 6.45) is 3.36. The Bertz CT molecular complexity index is 969. The molecule has 26 heavy (non-hydrogen) atoms. The normalized spacial score (nSPS) is 14.8. The molecule has 0 aliphatic heterocycles. The molecule has 0 aliphatic carbocycles. The Hall–Kier alpha value is -2.45. The molecule has 2 aromatic heterocycles. The lowest BCUT2D eigenvalue weighted by Crippen LogP contribution is -2.10. The van der Waals surface area contributed by atoms with Crippen molar-refractivity contribution in [3.8, 4) is 11.5 Å². The average molecular weight is 376 g/mol. The van der Waals surface area contributed by atoms with E-state index in [0.717, 1.165) is 16.9 Å². The molecule has 0 saturated carbocycles. The highest BCUT2D eigenvalue weighted by Gasteiger charge is 2.26. The van der Waals surface area contributed by atoms with Gasteiger partial charge in [0.2, 0.25) is 0 Å². The number of fused-ring (bicyclic) bond motifs is 1. The van der Waals surface area contributed by atoms with E-state index in [9.17, 15) is 9.76 Å². The first kappa shape index (κ1) is 18.3. The topological polar surface area (TPSA) is 92.5 Å². The molecular weight excluding hydrogens is 354 g/mol. The van der Waals surface area contributed by atoms with E-state index in [2.05, 4.69) is 9.97 Å². The minimum Gasteiger partial charge on any atom is -0.804 e. The molecule has 1 aromatic carbocycles. The van der Waals surface area contributed by atoms with Crippen molar-refractivity contribution in [3.05, 3.63) is 46.4 Å². The predicted molar refractivity (Wildman–Crippen MR) is 103 cm³/mol. The SMILES string of the molecule is COc1ccc2c(c1)nc(S(C)(O)Cc1ncc(C)c(OC)c1C)n2[O-]. The van der Waals surface area contributed by atoms with Gasteiger partial charge in [-0.25, -0.2) is 4.98 Å². The van der Waals surface area contributed by atoms with Crippen molar-refractivity contribution in [1.29, 1.82) is 0 Å². The van der Waals surface area contributed by atoms with E-state index in [1.807, 2.05) is 13.8 Å². The minimum absolute atomic E-state index is 0.112. The number of pyridine rings is 1. The van der Waals surface area contributed by atoms with Crippen molar-refractivity contribution in [2.24, 2.45) is 0 Å². The Morgan fingerprint density at radius 2 is 1.96 bits per heavy atom. The molecule has 0 fully saturated rings. The van der Waals surface area contributed by atoms with Crippen molar-refractivity contribution in [2.45, 2.75) is 24.8 Å². The summed E-state index contributed by atoms with van der Waals surface area (Å²) < 4.78 is 22.4. The molecule has 0 bridgehead atoms. The molecule has 0 saturated heterocycles. The van der Waals surface area contributed by atoms with Gasteiger partial charge in [-0.05, 0) is 32.2 Å². The fraction of sp³-hybridized carbons (Fsp3) is 0.333. The Morgan fingerprint density at radius 1 is 1.23 bits per heavy atom. The number of nitrogens with zero attached hydrogens (tertiary/aromatic N) is 3.